The Morgan fingerprint density at radius 1 is 1.00 bits per heavy atom. The van der Waals surface area contributed by atoms with Crippen molar-refractivity contribution in [1.82, 2.24) is 9.78 Å². The number of aliphatic hydroxyl groups excluding tert-OH is 1. The SMILES string of the molecule is CCCCCCCCCCCCn1cc(C(C)O)cn1. The Morgan fingerprint density at radius 2 is 1.55 bits per heavy atom. The lowest BCUT2D eigenvalue weighted by Crippen LogP contribution is -1.98. The summed E-state index contributed by atoms with van der Waals surface area (Å²) in [7, 11) is 0. The van der Waals surface area contributed by atoms with E-state index in [1.807, 2.05) is 10.9 Å². The summed E-state index contributed by atoms with van der Waals surface area (Å²) >= 11 is 0. The van der Waals surface area contributed by atoms with Crippen LogP contribution in [-0.2, 0) is 6.54 Å². The summed E-state index contributed by atoms with van der Waals surface area (Å²) in [5.41, 5.74) is 0.914. The molecule has 0 aliphatic heterocycles. The summed E-state index contributed by atoms with van der Waals surface area (Å²) in [5.74, 6) is 0. The van der Waals surface area contributed by atoms with E-state index < -0.39 is 6.10 Å². The van der Waals surface area contributed by atoms with E-state index in [2.05, 4.69) is 12.0 Å². The average molecular weight is 280 g/mol. The van der Waals surface area contributed by atoms with E-state index in [0.29, 0.717) is 0 Å². The summed E-state index contributed by atoms with van der Waals surface area (Å²) in [4.78, 5) is 0. The van der Waals surface area contributed by atoms with Crippen LogP contribution in [0, 0.1) is 0 Å². The average Bonchev–Trinajstić information content (AvgIpc) is 2.90. The Hall–Kier alpha value is -0.830. The molecule has 0 bridgehead atoms. The van der Waals surface area contributed by atoms with Crippen LogP contribution < -0.4 is 0 Å². The summed E-state index contributed by atoms with van der Waals surface area (Å²) in [6.07, 6.45) is 16.9. The van der Waals surface area contributed by atoms with Crippen molar-refractivity contribution in [3.63, 3.8) is 0 Å². The molecule has 0 fully saturated rings. The minimum atomic E-state index is -0.406. The molecule has 116 valence electrons. The Bertz CT molecular complexity index is 333. The third-order valence-corrected chi connectivity index (χ3v) is 3.88. The molecule has 1 heterocycles. The molecule has 1 rings (SSSR count). The lowest BCUT2D eigenvalue weighted by molar-refractivity contribution is 0.199. The molecular weight excluding hydrogens is 248 g/mol. The molecule has 0 aliphatic rings. The van der Waals surface area contributed by atoms with Crippen LogP contribution >= 0.6 is 0 Å². The highest BCUT2D eigenvalue weighted by Crippen LogP contribution is 2.12. The first-order chi connectivity index (χ1) is 9.74. The highest BCUT2D eigenvalue weighted by Gasteiger charge is 2.03. The quantitative estimate of drug-likeness (QED) is 0.555. The van der Waals surface area contributed by atoms with Gasteiger partial charge in [0, 0.05) is 18.3 Å². The molecule has 0 aliphatic carbocycles. The van der Waals surface area contributed by atoms with Crippen molar-refractivity contribution < 1.29 is 5.11 Å². The number of aliphatic hydroxyl groups is 1. The monoisotopic (exact) mass is 280 g/mol. The summed E-state index contributed by atoms with van der Waals surface area (Å²) in [6.45, 7) is 5.02. The van der Waals surface area contributed by atoms with Crippen molar-refractivity contribution in [1.29, 1.82) is 0 Å². The zero-order chi connectivity index (χ0) is 14.6. The van der Waals surface area contributed by atoms with Gasteiger partial charge in [0.2, 0.25) is 0 Å². The van der Waals surface area contributed by atoms with Crippen molar-refractivity contribution >= 4 is 0 Å². The topological polar surface area (TPSA) is 38.0 Å². The molecule has 1 aromatic heterocycles. The normalized spacial score (nSPS) is 12.8. The Labute approximate surface area is 124 Å². The molecule has 0 spiro atoms. The molecule has 0 saturated heterocycles. The van der Waals surface area contributed by atoms with Crippen LogP contribution in [0.1, 0.15) is 89.7 Å². The number of aryl methyl sites for hydroxylation is 1. The van der Waals surface area contributed by atoms with Crippen molar-refractivity contribution in [3.8, 4) is 0 Å². The molecule has 0 radical (unpaired) electrons. The number of rotatable bonds is 12. The zero-order valence-corrected chi connectivity index (χ0v) is 13.4. The van der Waals surface area contributed by atoms with Gasteiger partial charge < -0.3 is 5.11 Å². The van der Waals surface area contributed by atoms with Crippen molar-refractivity contribution in [2.45, 2.75) is 90.7 Å². The fourth-order valence-electron chi connectivity index (χ4n) is 2.48. The predicted molar refractivity (Wildman–Crippen MR) is 84.7 cm³/mol. The summed E-state index contributed by atoms with van der Waals surface area (Å²) < 4.78 is 1.95. The third kappa shape index (κ3) is 7.68. The molecule has 0 saturated carbocycles. The van der Waals surface area contributed by atoms with Gasteiger partial charge in [-0.2, -0.15) is 5.10 Å². The van der Waals surface area contributed by atoms with E-state index in [1.54, 1.807) is 13.1 Å². The van der Waals surface area contributed by atoms with Gasteiger partial charge in [-0.15, -0.1) is 0 Å². The standard InChI is InChI=1S/C17H32N2O/c1-3-4-5-6-7-8-9-10-11-12-13-19-15-17(14-18-19)16(2)20/h14-16,20H,3-13H2,1-2H3. The number of unbranched alkanes of at least 4 members (excludes halogenated alkanes) is 9. The van der Waals surface area contributed by atoms with Crippen molar-refractivity contribution in [2.24, 2.45) is 0 Å². The highest BCUT2D eigenvalue weighted by atomic mass is 16.3. The van der Waals surface area contributed by atoms with Gasteiger partial charge in [-0.05, 0) is 13.3 Å². The van der Waals surface area contributed by atoms with Crippen LogP contribution in [0.15, 0.2) is 12.4 Å². The van der Waals surface area contributed by atoms with Gasteiger partial charge in [0.1, 0.15) is 0 Å². The van der Waals surface area contributed by atoms with Crippen LogP contribution in [0.3, 0.4) is 0 Å². The minimum Gasteiger partial charge on any atom is -0.389 e. The highest BCUT2D eigenvalue weighted by molar-refractivity contribution is 5.06. The van der Waals surface area contributed by atoms with Gasteiger partial charge in [0.25, 0.3) is 0 Å². The van der Waals surface area contributed by atoms with Crippen LogP contribution in [0.5, 0.6) is 0 Å². The number of nitrogens with zero attached hydrogens (tertiary/aromatic N) is 2. The fraction of sp³-hybridized carbons (Fsp3) is 0.824. The first-order valence-corrected chi connectivity index (χ1v) is 8.44. The summed E-state index contributed by atoms with van der Waals surface area (Å²) in [5, 5.41) is 13.7. The van der Waals surface area contributed by atoms with Crippen LogP contribution in [0.2, 0.25) is 0 Å². The number of hydrogen-bond acceptors (Lipinski definition) is 2. The van der Waals surface area contributed by atoms with E-state index in [-0.39, 0.29) is 0 Å². The smallest absolute Gasteiger partial charge is 0.0792 e. The molecule has 1 atom stereocenters. The van der Waals surface area contributed by atoms with E-state index in [9.17, 15) is 5.11 Å². The molecule has 20 heavy (non-hydrogen) atoms. The second-order valence-electron chi connectivity index (χ2n) is 5.89. The second-order valence-corrected chi connectivity index (χ2v) is 5.89. The zero-order valence-electron chi connectivity index (χ0n) is 13.4. The third-order valence-electron chi connectivity index (χ3n) is 3.88. The first-order valence-electron chi connectivity index (χ1n) is 8.44. The number of hydrogen-bond donors (Lipinski definition) is 1. The van der Waals surface area contributed by atoms with E-state index in [0.717, 1.165) is 12.1 Å². The molecule has 3 nitrogen and oxygen atoms in total. The first kappa shape index (κ1) is 17.2. The molecule has 0 aromatic carbocycles. The molecule has 3 heteroatoms. The minimum absolute atomic E-state index is 0.406. The molecule has 1 aromatic rings. The molecular formula is C17H32N2O. The van der Waals surface area contributed by atoms with E-state index in [4.69, 9.17) is 0 Å². The van der Waals surface area contributed by atoms with Crippen molar-refractivity contribution in [2.75, 3.05) is 0 Å². The second kappa shape index (κ2) is 10.9. The Kier molecular flexibility index (Phi) is 9.38. The van der Waals surface area contributed by atoms with E-state index in [1.165, 1.54) is 64.2 Å². The lowest BCUT2D eigenvalue weighted by atomic mass is 10.1. The van der Waals surface area contributed by atoms with E-state index >= 15 is 0 Å². The largest absolute Gasteiger partial charge is 0.389 e. The van der Waals surface area contributed by atoms with Gasteiger partial charge in [-0.1, -0.05) is 64.7 Å². The molecule has 1 unspecified atom stereocenters. The van der Waals surface area contributed by atoms with Crippen LogP contribution in [0.25, 0.3) is 0 Å². The maximum absolute atomic E-state index is 9.43. The Balaban J connectivity index is 1.91. The maximum Gasteiger partial charge on any atom is 0.0792 e. The maximum atomic E-state index is 9.43. The number of aromatic nitrogens is 2. The molecule has 0 amide bonds. The predicted octanol–water partition coefficient (Wildman–Crippen LogP) is 4.86. The van der Waals surface area contributed by atoms with Gasteiger partial charge >= 0.3 is 0 Å². The van der Waals surface area contributed by atoms with Crippen molar-refractivity contribution in [3.05, 3.63) is 18.0 Å². The lowest BCUT2D eigenvalue weighted by Gasteiger charge is -2.03. The Morgan fingerprint density at radius 3 is 2.05 bits per heavy atom. The summed E-state index contributed by atoms with van der Waals surface area (Å²) in [6, 6.07) is 0. The molecule has 1 N–H and O–H groups in total. The van der Waals surface area contributed by atoms with Gasteiger partial charge in [-0.3, -0.25) is 4.68 Å². The van der Waals surface area contributed by atoms with Gasteiger partial charge in [-0.25, -0.2) is 0 Å². The van der Waals surface area contributed by atoms with Crippen LogP contribution in [-0.4, -0.2) is 14.9 Å². The van der Waals surface area contributed by atoms with Crippen LogP contribution in [0.4, 0.5) is 0 Å². The van der Waals surface area contributed by atoms with Gasteiger partial charge in [0.15, 0.2) is 0 Å². The van der Waals surface area contributed by atoms with Gasteiger partial charge in [0.05, 0.1) is 12.3 Å². The fourth-order valence-corrected chi connectivity index (χ4v) is 2.48.